The van der Waals surface area contributed by atoms with Crippen LogP contribution in [0.15, 0.2) is 54.6 Å². The van der Waals surface area contributed by atoms with Crippen molar-refractivity contribution < 1.29 is 34.2 Å². The van der Waals surface area contributed by atoms with Gasteiger partial charge in [-0.3, -0.25) is 19.2 Å². The first-order chi connectivity index (χ1) is 23.5. The molecule has 0 radical (unpaired) electrons. The van der Waals surface area contributed by atoms with Gasteiger partial charge in [-0.05, 0) is 61.9 Å². The Balaban J connectivity index is 2.32. The van der Waals surface area contributed by atoms with E-state index >= 15 is 0 Å². The molecule has 0 fully saturated rings. The van der Waals surface area contributed by atoms with E-state index in [4.69, 9.17) is 11.5 Å². The molecule has 270 valence electrons. The summed E-state index contributed by atoms with van der Waals surface area (Å²) in [5.74, 6) is -3.59. The molecule has 0 saturated heterocycles. The minimum absolute atomic E-state index is 0.0101. The van der Waals surface area contributed by atoms with Crippen LogP contribution in [0.25, 0.3) is 0 Å². The van der Waals surface area contributed by atoms with E-state index in [0.717, 1.165) is 24.8 Å². The summed E-state index contributed by atoms with van der Waals surface area (Å²) in [6, 6.07) is 9.93. The molecule has 13 nitrogen and oxygen atoms in total. The molecular formula is C36H54N6O7. The van der Waals surface area contributed by atoms with Crippen LogP contribution in [0.5, 0.6) is 5.75 Å². The van der Waals surface area contributed by atoms with E-state index in [1.54, 1.807) is 12.1 Å². The highest BCUT2D eigenvalue weighted by molar-refractivity contribution is 5.95. The Labute approximate surface area is 289 Å². The molecule has 0 aromatic heterocycles. The van der Waals surface area contributed by atoms with Crippen LogP contribution in [0.4, 0.5) is 0 Å². The Bertz CT molecular complexity index is 1320. The van der Waals surface area contributed by atoms with Crippen LogP contribution in [-0.4, -0.2) is 76.6 Å². The molecule has 10 N–H and O–H groups in total. The first-order valence-corrected chi connectivity index (χ1v) is 17.2. The van der Waals surface area contributed by atoms with E-state index in [-0.39, 0.29) is 31.4 Å². The van der Waals surface area contributed by atoms with Gasteiger partial charge in [-0.25, -0.2) is 4.79 Å². The highest BCUT2D eigenvalue weighted by Crippen LogP contribution is 2.13. The van der Waals surface area contributed by atoms with E-state index in [1.165, 1.54) is 12.1 Å². The van der Waals surface area contributed by atoms with Crippen molar-refractivity contribution in [2.24, 2.45) is 11.5 Å². The largest absolute Gasteiger partial charge is 0.508 e. The van der Waals surface area contributed by atoms with E-state index in [1.807, 2.05) is 44.2 Å². The maximum absolute atomic E-state index is 13.8. The van der Waals surface area contributed by atoms with Gasteiger partial charge < -0.3 is 42.9 Å². The summed E-state index contributed by atoms with van der Waals surface area (Å²) in [6.07, 6.45) is 5.00. The van der Waals surface area contributed by atoms with Gasteiger partial charge in [0, 0.05) is 12.8 Å². The zero-order valence-electron chi connectivity index (χ0n) is 28.7. The number of carboxylic acids is 1. The second-order valence-electron chi connectivity index (χ2n) is 12.3. The number of aromatic hydroxyl groups is 1. The molecule has 49 heavy (non-hydrogen) atoms. The van der Waals surface area contributed by atoms with E-state index in [0.29, 0.717) is 37.8 Å². The summed E-state index contributed by atoms with van der Waals surface area (Å²) in [5.41, 5.74) is 13.0. The number of hydrogen-bond acceptors (Lipinski definition) is 8. The molecule has 13 heteroatoms. The van der Waals surface area contributed by atoms with Crippen LogP contribution in [0, 0.1) is 0 Å². The number of hydrogen-bond donors (Lipinski definition) is 8. The number of benzene rings is 2. The zero-order valence-corrected chi connectivity index (χ0v) is 28.7. The number of carboxylic acid groups (broad SMARTS) is 1. The molecule has 2 aromatic rings. The predicted molar refractivity (Wildman–Crippen MR) is 187 cm³/mol. The maximum Gasteiger partial charge on any atom is 0.326 e. The third kappa shape index (κ3) is 15.1. The summed E-state index contributed by atoms with van der Waals surface area (Å²) in [5, 5.41) is 30.3. The van der Waals surface area contributed by atoms with Gasteiger partial charge in [-0.2, -0.15) is 0 Å². The second-order valence-corrected chi connectivity index (χ2v) is 12.3. The quantitative estimate of drug-likeness (QED) is 0.0802. The number of phenols is 1. The van der Waals surface area contributed by atoms with Gasteiger partial charge in [-0.1, -0.05) is 82.0 Å². The Morgan fingerprint density at radius 3 is 1.63 bits per heavy atom. The third-order valence-electron chi connectivity index (χ3n) is 8.17. The van der Waals surface area contributed by atoms with Gasteiger partial charge in [0.1, 0.15) is 29.9 Å². The van der Waals surface area contributed by atoms with Crippen molar-refractivity contribution in [3.05, 3.63) is 65.7 Å². The summed E-state index contributed by atoms with van der Waals surface area (Å²) in [7, 11) is 0. The Hall–Kier alpha value is -4.49. The summed E-state index contributed by atoms with van der Waals surface area (Å²) in [6.45, 7) is 4.31. The molecule has 2 rings (SSSR count). The predicted octanol–water partition coefficient (Wildman–Crippen LogP) is 2.04. The van der Waals surface area contributed by atoms with Crippen molar-refractivity contribution in [1.29, 1.82) is 0 Å². The maximum atomic E-state index is 13.8. The molecule has 0 aliphatic carbocycles. The molecule has 5 unspecified atom stereocenters. The van der Waals surface area contributed by atoms with Crippen LogP contribution in [-0.2, 0) is 36.8 Å². The number of carbonyl (C=O) groups excluding carboxylic acids is 4. The lowest BCUT2D eigenvalue weighted by atomic mass is 10.0. The number of nitrogens with one attached hydrogen (secondary N) is 4. The summed E-state index contributed by atoms with van der Waals surface area (Å²) >= 11 is 0. The minimum Gasteiger partial charge on any atom is -0.508 e. The average Bonchev–Trinajstić information content (AvgIpc) is 3.08. The first kappa shape index (κ1) is 40.7. The molecule has 0 saturated carbocycles. The van der Waals surface area contributed by atoms with Gasteiger partial charge in [0.15, 0.2) is 0 Å². The minimum atomic E-state index is -1.21. The van der Waals surface area contributed by atoms with Crippen molar-refractivity contribution >= 4 is 29.6 Å². The van der Waals surface area contributed by atoms with Crippen molar-refractivity contribution in [2.75, 3.05) is 6.54 Å². The lowest BCUT2D eigenvalue weighted by Gasteiger charge is -2.27. The zero-order chi connectivity index (χ0) is 36.2. The molecule has 4 amide bonds. The number of rotatable bonds is 23. The molecule has 5 atom stereocenters. The van der Waals surface area contributed by atoms with Crippen molar-refractivity contribution in [1.82, 2.24) is 21.3 Å². The van der Waals surface area contributed by atoms with Gasteiger partial charge >= 0.3 is 5.97 Å². The van der Waals surface area contributed by atoms with Crippen LogP contribution in [0.3, 0.4) is 0 Å². The van der Waals surface area contributed by atoms with Gasteiger partial charge in [0.2, 0.25) is 23.6 Å². The van der Waals surface area contributed by atoms with Crippen molar-refractivity contribution in [3.63, 3.8) is 0 Å². The average molecular weight is 683 g/mol. The Morgan fingerprint density at radius 2 is 1.08 bits per heavy atom. The number of phenolic OH excluding ortho intramolecular Hbond substituents is 1. The molecule has 0 aliphatic rings. The lowest BCUT2D eigenvalue weighted by Crippen LogP contribution is -2.59. The summed E-state index contributed by atoms with van der Waals surface area (Å²) < 4.78 is 0. The van der Waals surface area contributed by atoms with E-state index < -0.39 is 59.8 Å². The topological polar surface area (TPSA) is 226 Å². The Kier molecular flexibility index (Phi) is 18.4. The lowest BCUT2D eigenvalue weighted by molar-refractivity contribution is -0.142. The number of nitrogens with two attached hydrogens (primary N) is 2. The molecule has 0 aliphatic heterocycles. The van der Waals surface area contributed by atoms with Crippen LogP contribution >= 0.6 is 0 Å². The third-order valence-corrected chi connectivity index (χ3v) is 8.17. The molecule has 0 spiro atoms. The van der Waals surface area contributed by atoms with E-state index in [9.17, 15) is 34.2 Å². The van der Waals surface area contributed by atoms with E-state index in [2.05, 4.69) is 21.3 Å². The number of amides is 4. The van der Waals surface area contributed by atoms with Crippen LogP contribution in [0.2, 0.25) is 0 Å². The monoisotopic (exact) mass is 682 g/mol. The SMILES string of the molecule is CCCCC(N)C(=O)NC(Cc1ccccc1)C(=O)NC(CCCC)C(=O)NC(Cc1ccc(O)cc1)C(=O)NC(CCCCN)C(=O)O. The molecule has 0 heterocycles. The fraction of sp³-hybridized carbons (Fsp3) is 0.528. The molecular weight excluding hydrogens is 628 g/mol. The first-order valence-electron chi connectivity index (χ1n) is 17.2. The van der Waals surface area contributed by atoms with Gasteiger partial charge in [0.05, 0.1) is 6.04 Å². The van der Waals surface area contributed by atoms with Gasteiger partial charge in [0.25, 0.3) is 0 Å². The smallest absolute Gasteiger partial charge is 0.326 e. The summed E-state index contributed by atoms with van der Waals surface area (Å²) in [4.78, 5) is 66.0. The molecule has 0 bridgehead atoms. The fourth-order valence-corrected chi connectivity index (χ4v) is 5.21. The highest BCUT2D eigenvalue weighted by Gasteiger charge is 2.32. The van der Waals surface area contributed by atoms with Crippen molar-refractivity contribution in [2.45, 2.75) is 115 Å². The number of unbranched alkanes of at least 4 members (excludes halogenated alkanes) is 3. The standard InChI is InChI=1S/C36H54N6O7/c1-3-5-14-27(38)32(44)41-30(22-24-12-8-7-9-13-24)34(46)39-28(15-6-4-2)33(45)42-31(23-25-17-19-26(43)20-18-25)35(47)40-29(36(48)49)16-10-11-21-37/h7-9,12-13,17-20,27-31,43H,3-6,10-11,14-16,21-23,37-38H2,1-2H3,(H,39,46)(H,40,47)(H,41,44)(H,42,45)(H,48,49). The fourth-order valence-electron chi connectivity index (χ4n) is 5.21. The number of carbonyl (C=O) groups is 5. The van der Waals surface area contributed by atoms with Crippen LogP contribution in [0.1, 0.15) is 82.8 Å². The van der Waals surface area contributed by atoms with Crippen LogP contribution < -0.4 is 32.7 Å². The Morgan fingerprint density at radius 1 is 0.612 bits per heavy atom. The number of aliphatic carboxylic acids is 1. The molecule has 2 aromatic carbocycles. The van der Waals surface area contributed by atoms with Crippen molar-refractivity contribution in [3.8, 4) is 5.75 Å². The van der Waals surface area contributed by atoms with Gasteiger partial charge in [-0.15, -0.1) is 0 Å². The second kappa shape index (κ2) is 22.2. The normalized spacial score (nSPS) is 14.0. The highest BCUT2D eigenvalue weighted by atomic mass is 16.4.